The minimum absolute atomic E-state index is 0.629. The summed E-state index contributed by atoms with van der Waals surface area (Å²) >= 11 is -1.75. The second-order valence-corrected chi connectivity index (χ2v) is 22.2. The van der Waals surface area contributed by atoms with Crippen LogP contribution >= 0.6 is 0 Å². The molecule has 0 rings (SSSR count). The van der Waals surface area contributed by atoms with Gasteiger partial charge in [-0.05, 0) is 0 Å². The molecule has 1 heteroatoms. The maximum atomic E-state index is 2.59. The normalized spacial score (nSPS) is 16.6. The summed E-state index contributed by atoms with van der Waals surface area (Å²) in [6.45, 7) is 12.1. The Morgan fingerprint density at radius 3 is 1.64 bits per heavy atom. The van der Waals surface area contributed by atoms with Crippen LogP contribution in [0.1, 0.15) is 41.0 Å². The Bertz CT molecular complexity index is 119. The summed E-state index contributed by atoms with van der Waals surface area (Å²) in [5.41, 5.74) is 0. The van der Waals surface area contributed by atoms with Gasteiger partial charge in [-0.3, -0.25) is 0 Å². The standard InChI is InChI=1S/2C4H9.2CH3.Sn/c1-4(2)3;1-3-4-2;;;/h1-3H3;3H,4H2,1-2H3;2*1H3;. The molecule has 0 spiro atoms. The maximum absolute atomic E-state index is 2.59. The average molecular weight is 263 g/mol. The molecule has 68 valence electrons. The van der Waals surface area contributed by atoms with E-state index in [1.165, 1.54) is 6.42 Å². The Hall–Kier alpha value is 0.799. The van der Waals surface area contributed by atoms with Crippen molar-refractivity contribution in [3.05, 3.63) is 0 Å². The molecule has 0 radical (unpaired) electrons. The van der Waals surface area contributed by atoms with E-state index in [0.717, 1.165) is 3.93 Å². The molecule has 0 amide bonds. The molecule has 0 bridgehead atoms. The molecule has 0 nitrogen and oxygen atoms in total. The van der Waals surface area contributed by atoms with Crippen LogP contribution in [0.25, 0.3) is 0 Å². The van der Waals surface area contributed by atoms with Gasteiger partial charge in [-0.2, -0.15) is 0 Å². The SMILES string of the molecule is CC[CH](C)[Sn]([CH3])([CH3])[C](C)(C)C. The van der Waals surface area contributed by atoms with Crippen molar-refractivity contribution in [1.29, 1.82) is 0 Å². The van der Waals surface area contributed by atoms with Gasteiger partial charge >= 0.3 is 76.7 Å². The van der Waals surface area contributed by atoms with Gasteiger partial charge in [-0.25, -0.2) is 0 Å². The average Bonchev–Trinajstić information content (AvgIpc) is 1.83. The van der Waals surface area contributed by atoms with Gasteiger partial charge in [-0.15, -0.1) is 0 Å². The summed E-state index contributed by atoms with van der Waals surface area (Å²) in [6, 6.07) is 0. The number of hydrogen-bond acceptors (Lipinski definition) is 0. The third-order valence-corrected chi connectivity index (χ3v) is 23.0. The van der Waals surface area contributed by atoms with Crippen LogP contribution in [0.5, 0.6) is 0 Å². The van der Waals surface area contributed by atoms with Crippen LogP contribution in [0.2, 0.25) is 17.2 Å². The number of rotatable bonds is 2. The van der Waals surface area contributed by atoms with E-state index in [-0.39, 0.29) is 0 Å². The summed E-state index contributed by atoms with van der Waals surface area (Å²) in [4.78, 5) is 5.17. The van der Waals surface area contributed by atoms with Crippen molar-refractivity contribution in [3.8, 4) is 0 Å². The first kappa shape index (κ1) is 11.8. The second-order valence-electron chi connectivity index (χ2n) is 5.28. The van der Waals surface area contributed by atoms with E-state index in [1.807, 2.05) is 0 Å². The quantitative estimate of drug-likeness (QED) is 0.651. The fourth-order valence-corrected chi connectivity index (χ4v) is 8.38. The first-order valence-electron chi connectivity index (χ1n) is 4.73. The molecule has 0 aromatic carbocycles. The van der Waals surface area contributed by atoms with E-state index >= 15 is 0 Å². The van der Waals surface area contributed by atoms with Crippen molar-refractivity contribution < 1.29 is 0 Å². The molecule has 1 unspecified atom stereocenters. The predicted molar refractivity (Wildman–Crippen MR) is 56.9 cm³/mol. The Balaban J connectivity index is 4.45. The minimum atomic E-state index is -1.75. The van der Waals surface area contributed by atoms with E-state index in [2.05, 4.69) is 44.5 Å². The van der Waals surface area contributed by atoms with Crippen LogP contribution in [0, 0.1) is 0 Å². The first-order chi connectivity index (χ1) is 4.73. The molecule has 0 saturated carbocycles. The topological polar surface area (TPSA) is 0 Å². The molecule has 0 saturated heterocycles. The van der Waals surface area contributed by atoms with Crippen LogP contribution in [0.4, 0.5) is 0 Å². The summed E-state index contributed by atoms with van der Waals surface area (Å²) in [6.07, 6.45) is 1.38. The molecular weight excluding hydrogens is 239 g/mol. The zero-order chi connectivity index (χ0) is 9.28. The van der Waals surface area contributed by atoms with Gasteiger partial charge in [0.1, 0.15) is 0 Å². The second kappa shape index (κ2) is 3.67. The Morgan fingerprint density at radius 2 is 1.55 bits per heavy atom. The van der Waals surface area contributed by atoms with Crippen molar-refractivity contribution in [1.82, 2.24) is 0 Å². The van der Waals surface area contributed by atoms with Gasteiger partial charge in [0.25, 0.3) is 0 Å². The van der Waals surface area contributed by atoms with Crippen LogP contribution in [0.15, 0.2) is 0 Å². The zero-order valence-corrected chi connectivity index (χ0v) is 12.1. The molecule has 1 atom stereocenters. The molecule has 0 aliphatic rings. The van der Waals surface area contributed by atoms with E-state index in [0.29, 0.717) is 3.43 Å². The summed E-state index contributed by atoms with van der Waals surface area (Å²) in [5, 5.41) is 0. The van der Waals surface area contributed by atoms with Crippen molar-refractivity contribution in [2.75, 3.05) is 0 Å². The van der Waals surface area contributed by atoms with Crippen molar-refractivity contribution >= 4 is 18.4 Å². The van der Waals surface area contributed by atoms with Crippen molar-refractivity contribution in [3.63, 3.8) is 0 Å². The molecule has 0 aliphatic carbocycles. The number of hydrogen-bond donors (Lipinski definition) is 0. The summed E-state index contributed by atoms with van der Waals surface area (Å²) in [5.74, 6) is 0. The molecule has 0 aromatic rings. The van der Waals surface area contributed by atoms with Gasteiger partial charge in [0.05, 0.1) is 0 Å². The van der Waals surface area contributed by atoms with Gasteiger partial charge in [0.2, 0.25) is 0 Å². The van der Waals surface area contributed by atoms with E-state index in [1.54, 1.807) is 0 Å². The van der Waals surface area contributed by atoms with Crippen LogP contribution in [-0.4, -0.2) is 18.4 Å². The van der Waals surface area contributed by atoms with Gasteiger partial charge in [0.15, 0.2) is 0 Å². The molecule has 11 heavy (non-hydrogen) atoms. The Morgan fingerprint density at radius 1 is 1.18 bits per heavy atom. The zero-order valence-electron chi connectivity index (χ0n) is 9.28. The fraction of sp³-hybridized carbons (Fsp3) is 1.00. The molecule has 0 fully saturated rings. The van der Waals surface area contributed by atoms with Crippen LogP contribution in [-0.2, 0) is 0 Å². The molecule has 0 N–H and O–H groups in total. The van der Waals surface area contributed by atoms with Crippen LogP contribution in [0.3, 0.4) is 0 Å². The third-order valence-electron chi connectivity index (χ3n) is 3.78. The summed E-state index contributed by atoms with van der Waals surface area (Å²) in [7, 11) is 0. The van der Waals surface area contributed by atoms with E-state index in [4.69, 9.17) is 0 Å². The van der Waals surface area contributed by atoms with Gasteiger partial charge in [-0.1, -0.05) is 0 Å². The van der Waals surface area contributed by atoms with Crippen molar-refractivity contribution in [2.24, 2.45) is 0 Å². The van der Waals surface area contributed by atoms with Crippen molar-refractivity contribution in [2.45, 2.75) is 58.3 Å². The van der Waals surface area contributed by atoms with E-state index < -0.39 is 18.4 Å². The fourth-order valence-electron chi connectivity index (χ4n) is 1.25. The van der Waals surface area contributed by atoms with Gasteiger partial charge < -0.3 is 0 Å². The molecule has 0 aromatic heterocycles. The third kappa shape index (κ3) is 2.64. The van der Waals surface area contributed by atoms with E-state index in [9.17, 15) is 0 Å². The molecule has 0 heterocycles. The molecule has 0 aliphatic heterocycles. The molecular formula is C10H24Sn. The van der Waals surface area contributed by atoms with Gasteiger partial charge in [0, 0.05) is 0 Å². The monoisotopic (exact) mass is 264 g/mol. The summed E-state index contributed by atoms with van der Waals surface area (Å²) < 4.78 is 1.65. The Kier molecular flexibility index (Phi) is 3.94. The van der Waals surface area contributed by atoms with Crippen LogP contribution < -0.4 is 0 Å². The first-order valence-corrected chi connectivity index (χ1v) is 13.5. The Labute approximate surface area is 76.6 Å². The predicted octanol–water partition coefficient (Wildman–Crippen LogP) is 4.30.